The maximum atomic E-state index is 13.2. The lowest BCUT2D eigenvalue weighted by molar-refractivity contribution is -0.115. The van der Waals surface area contributed by atoms with Crippen LogP contribution in [0.5, 0.6) is 0 Å². The Kier molecular flexibility index (Phi) is 9.23. The zero-order chi connectivity index (χ0) is 30.0. The van der Waals surface area contributed by atoms with Gasteiger partial charge in [-0.1, -0.05) is 72.8 Å². The lowest BCUT2D eigenvalue weighted by atomic mass is 10.0. The molecular weight excluding hydrogens is 552 g/mol. The minimum absolute atomic E-state index is 0.211. The Morgan fingerprint density at radius 2 is 0.953 bits per heavy atom. The van der Waals surface area contributed by atoms with Gasteiger partial charge in [0.25, 0.3) is 0 Å². The highest BCUT2D eigenvalue weighted by atomic mass is 16.6. The third-order valence-corrected chi connectivity index (χ3v) is 6.41. The number of hydrogen-bond acceptors (Lipinski definition) is 9. The van der Waals surface area contributed by atoms with Gasteiger partial charge >= 0.3 is 23.9 Å². The minimum Gasteiger partial charge on any atom is -0.487 e. The fraction of sp³-hybridized carbons (Fsp3) is 0.118. The molecule has 0 aliphatic carbocycles. The first-order chi connectivity index (χ1) is 21.0. The number of hydrogen-bond donors (Lipinski definition) is 0. The number of carbonyl (C=O) groups is 4. The van der Waals surface area contributed by atoms with E-state index in [1.807, 2.05) is 0 Å². The van der Waals surface area contributed by atoms with Gasteiger partial charge in [0, 0.05) is 0 Å². The Balaban J connectivity index is 1.46. The van der Waals surface area contributed by atoms with Crippen molar-refractivity contribution in [2.75, 3.05) is 6.61 Å². The van der Waals surface area contributed by atoms with Crippen LogP contribution < -0.4 is 0 Å². The predicted molar refractivity (Wildman–Crippen MR) is 153 cm³/mol. The molecule has 1 aliphatic heterocycles. The zero-order valence-electron chi connectivity index (χ0n) is 22.7. The highest BCUT2D eigenvalue weighted by molar-refractivity contribution is 5.92. The lowest BCUT2D eigenvalue weighted by Gasteiger charge is -2.35. The van der Waals surface area contributed by atoms with Crippen LogP contribution in [0.1, 0.15) is 41.4 Å². The van der Waals surface area contributed by atoms with Gasteiger partial charge in [-0.3, -0.25) is 0 Å². The first-order valence-electron chi connectivity index (χ1n) is 13.4. The van der Waals surface area contributed by atoms with E-state index < -0.39 is 42.2 Å². The summed E-state index contributed by atoms with van der Waals surface area (Å²) in [7, 11) is 0. The summed E-state index contributed by atoms with van der Waals surface area (Å²) in [6.45, 7) is -0.379. The largest absolute Gasteiger partial charge is 0.487 e. The molecule has 3 atom stereocenters. The van der Waals surface area contributed by atoms with Crippen molar-refractivity contribution in [3.05, 3.63) is 156 Å². The molecule has 4 aromatic carbocycles. The predicted octanol–water partition coefficient (Wildman–Crippen LogP) is 5.39. The summed E-state index contributed by atoms with van der Waals surface area (Å²) >= 11 is 0. The molecule has 5 rings (SSSR count). The first kappa shape index (κ1) is 28.8. The molecule has 0 aromatic heterocycles. The van der Waals surface area contributed by atoms with E-state index in [9.17, 15) is 19.2 Å². The third kappa shape index (κ3) is 7.34. The van der Waals surface area contributed by atoms with Crippen LogP contribution in [0.2, 0.25) is 0 Å². The minimum atomic E-state index is -1.44. The summed E-state index contributed by atoms with van der Waals surface area (Å²) in [5, 5.41) is 0. The zero-order valence-corrected chi connectivity index (χ0v) is 22.7. The van der Waals surface area contributed by atoms with Crippen molar-refractivity contribution in [1.29, 1.82) is 0 Å². The summed E-state index contributed by atoms with van der Waals surface area (Å²) in [5.41, 5.74) is 0.959. The monoisotopic (exact) mass is 578 g/mol. The molecule has 4 aromatic rings. The van der Waals surface area contributed by atoms with E-state index in [-0.39, 0.29) is 29.1 Å². The molecule has 43 heavy (non-hydrogen) atoms. The fourth-order valence-electron chi connectivity index (χ4n) is 4.21. The quantitative estimate of drug-likeness (QED) is 0.190. The van der Waals surface area contributed by atoms with Crippen molar-refractivity contribution < 1.29 is 42.9 Å². The smallest absolute Gasteiger partial charge is 0.343 e. The summed E-state index contributed by atoms with van der Waals surface area (Å²) in [6.07, 6.45) is -2.86. The second-order valence-electron chi connectivity index (χ2n) is 9.34. The molecule has 0 saturated carbocycles. The van der Waals surface area contributed by atoms with Gasteiger partial charge in [0.05, 0.1) is 22.3 Å². The molecule has 0 bridgehead atoms. The third-order valence-electron chi connectivity index (χ3n) is 6.41. The van der Waals surface area contributed by atoms with Gasteiger partial charge in [-0.15, -0.1) is 0 Å². The van der Waals surface area contributed by atoms with E-state index in [1.165, 1.54) is 0 Å². The molecule has 0 amide bonds. The fourth-order valence-corrected chi connectivity index (χ4v) is 4.21. The average Bonchev–Trinajstić information content (AvgIpc) is 3.07. The molecule has 0 spiro atoms. The Morgan fingerprint density at radius 1 is 0.535 bits per heavy atom. The number of esters is 4. The summed E-state index contributed by atoms with van der Waals surface area (Å²) in [4.78, 5) is 52.1. The molecule has 1 aliphatic rings. The van der Waals surface area contributed by atoms with Crippen LogP contribution >= 0.6 is 0 Å². The molecular formula is C34H26O9. The van der Waals surface area contributed by atoms with Crippen molar-refractivity contribution >= 4 is 23.9 Å². The van der Waals surface area contributed by atoms with E-state index in [0.29, 0.717) is 5.56 Å². The molecule has 0 saturated heterocycles. The number of rotatable bonds is 9. The molecule has 1 heterocycles. The normalized spacial score (nSPS) is 17.4. The summed E-state index contributed by atoms with van der Waals surface area (Å²) in [6, 6.07) is 32.8. The number of ether oxygens (including phenoxy) is 5. The molecule has 9 heteroatoms. The number of carbonyl (C=O) groups excluding carboxylic acids is 4. The van der Waals surface area contributed by atoms with Crippen molar-refractivity contribution in [2.45, 2.75) is 18.3 Å². The maximum absolute atomic E-state index is 13.2. The lowest BCUT2D eigenvalue weighted by Crippen LogP contribution is -2.50. The molecule has 0 N–H and O–H groups in total. The highest BCUT2D eigenvalue weighted by Gasteiger charge is 2.45. The van der Waals surface area contributed by atoms with E-state index in [1.54, 1.807) is 121 Å². The summed E-state index contributed by atoms with van der Waals surface area (Å²) < 4.78 is 28.5. The van der Waals surface area contributed by atoms with E-state index in [0.717, 1.165) is 6.26 Å². The highest BCUT2D eigenvalue weighted by Crippen LogP contribution is 2.29. The van der Waals surface area contributed by atoms with Crippen LogP contribution in [-0.2, 0) is 23.7 Å². The van der Waals surface area contributed by atoms with Gasteiger partial charge < -0.3 is 23.7 Å². The second kappa shape index (κ2) is 13.8. The van der Waals surface area contributed by atoms with Crippen LogP contribution in [0.3, 0.4) is 0 Å². The molecule has 3 unspecified atom stereocenters. The van der Waals surface area contributed by atoms with E-state index in [4.69, 9.17) is 23.7 Å². The van der Waals surface area contributed by atoms with Crippen molar-refractivity contribution in [2.24, 2.45) is 0 Å². The van der Waals surface area contributed by atoms with Crippen molar-refractivity contribution in [3.8, 4) is 0 Å². The van der Waals surface area contributed by atoms with Crippen molar-refractivity contribution in [3.63, 3.8) is 0 Å². The number of benzene rings is 4. The van der Waals surface area contributed by atoms with Gasteiger partial charge in [0.15, 0.2) is 18.0 Å². The van der Waals surface area contributed by atoms with Gasteiger partial charge in [-0.05, 0) is 48.5 Å². The van der Waals surface area contributed by atoms with Gasteiger partial charge in [0.1, 0.15) is 12.9 Å². The van der Waals surface area contributed by atoms with Crippen LogP contribution in [0.4, 0.5) is 0 Å². The van der Waals surface area contributed by atoms with Gasteiger partial charge in [-0.2, -0.15) is 0 Å². The van der Waals surface area contributed by atoms with Crippen molar-refractivity contribution in [1.82, 2.24) is 0 Å². The van der Waals surface area contributed by atoms with Crippen LogP contribution in [0.15, 0.2) is 133 Å². The SMILES string of the molecule is O=C(OCC1OC=C(OC(=O)c2ccccc2)C(OC(=O)c2ccccc2)C1OC(=O)c1ccccc1)c1ccccc1. The first-order valence-corrected chi connectivity index (χ1v) is 13.4. The Labute approximate surface area is 247 Å². The molecule has 0 fully saturated rings. The van der Waals surface area contributed by atoms with Crippen LogP contribution in [0, 0.1) is 0 Å². The van der Waals surface area contributed by atoms with Gasteiger partial charge in [-0.25, -0.2) is 19.2 Å². The topological polar surface area (TPSA) is 114 Å². The molecule has 9 nitrogen and oxygen atoms in total. The Hall–Kier alpha value is -5.70. The molecule has 216 valence electrons. The van der Waals surface area contributed by atoms with Gasteiger partial charge in [0.2, 0.25) is 6.10 Å². The summed E-state index contributed by atoms with van der Waals surface area (Å²) in [5.74, 6) is -3.13. The standard InChI is InChI=1S/C34H26O9/c35-31(23-13-5-1-6-14-23)40-21-27-29(42-33(37)25-17-9-3-10-18-25)30(43-34(38)26-19-11-4-12-20-26)28(22-39-27)41-32(36)24-15-7-2-8-16-24/h1-20,22,27,29-30H,21H2. The second-order valence-corrected chi connectivity index (χ2v) is 9.34. The Bertz CT molecular complexity index is 1590. The molecule has 0 radical (unpaired) electrons. The van der Waals surface area contributed by atoms with Crippen LogP contribution in [0.25, 0.3) is 0 Å². The van der Waals surface area contributed by atoms with Crippen LogP contribution in [-0.4, -0.2) is 48.8 Å². The maximum Gasteiger partial charge on any atom is 0.343 e. The Morgan fingerprint density at radius 3 is 1.44 bits per heavy atom. The van der Waals surface area contributed by atoms with E-state index in [2.05, 4.69) is 0 Å². The van der Waals surface area contributed by atoms with E-state index >= 15 is 0 Å². The average molecular weight is 579 g/mol.